The minimum atomic E-state index is -0.401. The van der Waals surface area contributed by atoms with E-state index in [0.717, 1.165) is 5.56 Å². The van der Waals surface area contributed by atoms with Gasteiger partial charge < -0.3 is 0 Å². The van der Waals surface area contributed by atoms with Crippen molar-refractivity contribution in [2.75, 3.05) is 0 Å². The van der Waals surface area contributed by atoms with Gasteiger partial charge in [0, 0.05) is 12.3 Å². The number of hydrogen-bond donors (Lipinski definition) is 0. The van der Waals surface area contributed by atoms with Crippen molar-refractivity contribution in [2.45, 2.75) is 6.54 Å². The molecule has 0 saturated heterocycles. The van der Waals surface area contributed by atoms with Gasteiger partial charge in [-0.1, -0.05) is 17.7 Å². The highest BCUT2D eigenvalue weighted by Gasteiger charge is 2.01. The summed E-state index contributed by atoms with van der Waals surface area (Å²) in [5.41, 5.74) is 0.911. The maximum atomic E-state index is 12.8. The zero-order valence-corrected chi connectivity index (χ0v) is 8.00. The van der Waals surface area contributed by atoms with E-state index >= 15 is 0 Å². The third-order valence-electron chi connectivity index (χ3n) is 1.83. The molecule has 0 atom stereocenters. The minimum Gasteiger partial charge on any atom is -0.268 e. The molecule has 0 spiro atoms. The van der Waals surface area contributed by atoms with E-state index in [9.17, 15) is 4.39 Å². The van der Waals surface area contributed by atoms with Gasteiger partial charge in [-0.3, -0.25) is 4.68 Å². The van der Waals surface area contributed by atoms with Crippen LogP contribution in [0.2, 0.25) is 5.02 Å². The molecule has 0 saturated carbocycles. The van der Waals surface area contributed by atoms with Crippen molar-refractivity contribution in [3.63, 3.8) is 0 Å². The number of aromatic nitrogens is 2. The zero-order valence-electron chi connectivity index (χ0n) is 7.24. The van der Waals surface area contributed by atoms with Crippen molar-refractivity contribution in [3.8, 4) is 0 Å². The van der Waals surface area contributed by atoms with Crippen LogP contribution in [0, 0.1) is 11.9 Å². The Morgan fingerprint density at radius 1 is 1.50 bits per heavy atom. The monoisotopic (exact) mass is 209 g/mol. The standard InChI is InChI=1S/C10H7ClFN2/c11-9-6-8(2-3-10(9)12)7-14-5-1-4-13-14/h2-6H,7H2. The van der Waals surface area contributed by atoms with Gasteiger partial charge in [0.1, 0.15) is 5.82 Å². The van der Waals surface area contributed by atoms with E-state index in [4.69, 9.17) is 11.6 Å². The number of rotatable bonds is 2. The van der Waals surface area contributed by atoms with Crippen LogP contribution in [0.1, 0.15) is 5.56 Å². The average Bonchev–Trinajstić information content (AvgIpc) is 2.64. The second-order valence-electron chi connectivity index (χ2n) is 2.89. The van der Waals surface area contributed by atoms with E-state index in [1.165, 1.54) is 6.07 Å². The van der Waals surface area contributed by atoms with Gasteiger partial charge in [-0.15, -0.1) is 0 Å². The van der Waals surface area contributed by atoms with Crippen molar-refractivity contribution in [1.29, 1.82) is 0 Å². The summed E-state index contributed by atoms with van der Waals surface area (Å²) in [6.45, 7) is 0.573. The average molecular weight is 210 g/mol. The first-order valence-electron chi connectivity index (χ1n) is 4.08. The highest BCUT2D eigenvalue weighted by molar-refractivity contribution is 6.30. The first-order chi connectivity index (χ1) is 6.75. The second-order valence-corrected chi connectivity index (χ2v) is 3.29. The fourth-order valence-electron chi connectivity index (χ4n) is 1.17. The molecule has 0 fully saturated rings. The predicted molar refractivity (Wildman–Crippen MR) is 51.6 cm³/mol. The van der Waals surface area contributed by atoms with Crippen LogP contribution in [0.3, 0.4) is 0 Å². The van der Waals surface area contributed by atoms with Gasteiger partial charge in [-0.2, -0.15) is 5.10 Å². The van der Waals surface area contributed by atoms with E-state index in [1.54, 1.807) is 29.2 Å². The molecule has 0 N–H and O–H groups in total. The van der Waals surface area contributed by atoms with Crippen molar-refractivity contribution < 1.29 is 4.39 Å². The number of nitrogens with zero attached hydrogens (tertiary/aromatic N) is 2. The van der Waals surface area contributed by atoms with Gasteiger partial charge in [0.2, 0.25) is 0 Å². The minimum absolute atomic E-state index is 0.138. The summed E-state index contributed by atoms with van der Waals surface area (Å²) in [6.07, 6.45) is 3.29. The lowest BCUT2D eigenvalue weighted by atomic mass is 10.2. The molecule has 1 radical (unpaired) electrons. The lowest BCUT2D eigenvalue weighted by molar-refractivity contribution is 0.625. The fraction of sp³-hybridized carbons (Fsp3) is 0.100. The lowest BCUT2D eigenvalue weighted by Crippen LogP contribution is -1.99. The van der Waals surface area contributed by atoms with Crippen molar-refractivity contribution in [1.82, 2.24) is 9.78 Å². The van der Waals surface area contributed by atoms with E-state index in [0.29, 0.717) is 6.54 Å². The molecule has 14 heavy (non-hydrogen) atoms. The molecular weight excluding hydrogens is 203 g/mol. The Hall–Kier alpha value is -1.35. The van der Waals surface area contributed by atoms with Gasteiger partial charge >= 0.3 is 0 Å². The van der Waals surface area contributed by atoms with E-state index in [-0.39, 0.29) is 5.02 Å². The van der Waals surface area contributed by atoms with Crippen LogP contribution in [0.5, 0.6) is 0 Å². The highest BCUT2D eigenvalue weighted by atomic mass is 35.5. The smallest absolute Gasteiger partial charge is 0.141 e. The van der Waals surface area contributed by atoms with Gasteiger partial charge in [0.15, 0.2) is 0 Å². The molecule has 1 aromatic heterocycles. The normalized spacial score (nSPS) is 10.4. The molecule has 0 aliphatic rings. The molecule has 2 rings (SSSR count). The molecule has 4 heteroatoms. The summed E-state index contributed by atoms with van der Waals surface area (Å²) in [6, 6.07) is 7.45. The van der Waals surface area contributed by atoms with Gasteiger partial charge in [-0.05, 0) is 17.7 Å². The fourth-order valence-corrected chi connectivity index (χ4v) is 1.37. The maximum absolute atomic E-state index is 12.8. The van der Waals surface area contributed by atoms with Crippen LogP contribution in [0.4, 0.5) is 4.39 Å². The number of benzene rings is 1. The number of halogens is 2. The Balaban J connectivity index is 2.22. The topological polar surface area (TPSA) is 17.8 Å². The molecular formula is C10H7ClFN2. The third kappa shape index (κ3) is 1.93. The summed E-state index contributed by atoms with van der Waals surface area (Å²) in [5, 5.41) is 4.13. The van der Waals surface area contributed by atoms with E-state index in [2.05, 4.69) is 11.2 Å². The maximum Gasteiger partial charge on any atom is 0.141 e. The zero-order chi connectivity index (χ0) is 9.97. The van der Waals surface area contributed by atoms with Crippen LogP contribution in [-0.4, -0.2) is 9.78 Å². The first kappa shape index (κ1) is 9.21. The van der Waals surface area contributed by atoms with E-state index in [1.807, 2.05) is 0 Å². The van der Waals surface area contributed by atoms with Crippen molar-refractivity contribution in [3.05, 3.63) is 53.1 Å². The largest absolute Gasteiger partial charge is 0.268 e. The lowest BCUT2D eigenvalue weighted by Gasteiger charge is -2.02. The van der Waals surface area contributed by atoms with Gasteiger partial charge in [0.05, 0.1) is 17.8 Å². The molecule has 2 aromatic rings. The second kappa shape index (κ2) is 3.80. The molecule has 1 heterocycles. The summed E-state index contributed by atoms with van der Waals surface area (Å²) in [4.78, 5) is 0. The summed E-state index contributed by atoms with van der Waals surface area (Å²) >= 11 is 5.64. The SMILES string of the molecule is Fc1ccc(Cn2c[c]cn2)cc1Cl. The highest BCUT2D eigenvalue weighted by Crippen LogP contribution is 2.16. The quantitative estimate of drug-likeness (QED) is 0.743. The molecule has 1 aromatic carbocycles. The van der Waals surface area contributed by atoms with Crippen molar-refractivity contribution in [2.24, 2.45) is 0 Å². The van der Waals surface area contributed by atoms with E-state index < -0.39 is 5.82 Å². The van der Waals surface area contributed by atoms with Gasteiger partial charge in [-0.25, -0.2) is 4.39 Å². The Bertz CT molecular complexity index is 426. The molecule has 0 aliphatic carbocycles. The molecule has 71 valence electrons. The van der Waals surface area contributed by atoms with Crippen LogP contribution < -0.4 is 0 Å². The number of hydrogen-bond acceptors (Lipinski definition) is 1. The van der Waals surface area contributed by atoms with Crippen LogP contribution >= 0.6 is 11.6 Å². The molecule has 0 aliphatic heterocycles. The Morgan fingerprint density at radius 3 is 3.00 bits per heavy atom. The first-order valence-corrected chi connectivity index (χ1v) is 4.46. The van der Waals surface area contributed by atoms with Crippen molar-refractivity contribution >= 4 is 11.6 Å². The molecule has 2 nitrogen and oxygen atoms in total. The molecule has 0 amide bonds. The molecule has 0 unspecified atom stereocenters. The van der Waals surface area contributed by atoms with Crippen LogP contribution in [0.15, 0.2) is 30.6 Å². The summed E-state index contributed by atoms with van der Waals surface area (Å²) in [7, 11) is 0. The van der Waals surface area contributed by atoms with Crippen LogP contribution in [-0.2, 0) is 6.54 Å². The Morgan fingerprint density at radius 2 is 2.36 bits per heavy atom. The predicted octanol–water partition coefficient (Wildman–Crippen LogP) is 2.52. The Kier molecular flexibility index (Phi) is 2.50. The molecule has 0 bridgehead atoms. The Labute approximate surface area is 85.9 Å². The van der Waals surface area contributed by atoms with Gasteiger partial charge in [0.25, 0.3) is 0 Å². The van der Waals surface area contributed by atoms with Crippen LogP contribution in [0.25, 0.3) is 0 Å². The summed E-state index contributed by atoms with van der Waals surface area (Å²) < 4.78 is 14.5. The summed E-state index contributed by atoms with van der Waals surface area (Å²) in [5.74, 6) is -0.401. The third-order valence-corrected chi connectivity index (χ3v) is 2.12.